The molecule has 2 rings (SSSR count). The van der Waals surface area contributed by atoms with Gasteiger partial charge in [-0.25, -0.2) is 4.79 Å². The van der Waals surface area contributed by atoms with Crippen molar-refractivity contribution in [3.05, 3.63) is 46.2 Å². The number of esters is 1. The van der Waals surface area contributed by atoms with Gasteiger partial charge in [-0.05, 0) is 12.1 Å². The van der Waals surface area contributed by atoms with Crippen LogP contribution in [0.4, 0.5) is 5.69 Å². The minimum absolute atomic E-state index is 0.0796. The van der Waals surface area contributed by atoms with Crippen LogP contribution in [0.1, 0.15) is 10.6 Å². The van der Waals surface area contributed by atoms with E-state index in [9.17, 15) is 19.7 Å². The van der Waals surface area contributed by atoms with Crippen molar-refractivity contribution in [2.45, 2.75) is 6.04 Å². The fraction of sp³-hybridized carbons (Fsp3) is 0.214. The molecule has 24 heavy (non-hydrogen) atoms. The molecule has 0 bridgehead atoms. The average Bonchev–Trinajstić information content (AvgIpc) is 3.09. The molecule has 0 unspecified atom stereocenters. The number of non-ortho nitro benzene ring substituents is 1. The number of carbonyl (C=O) groups excluding carboxylic acids is 2. The van der Waals surface area contributed by atoms with Crippen molar-refractivity contribution in [2.24, 2.45) is 0 Å². The van der Waals surface area contributed by atoms with Gasteiger partial charge in [0.2, 0.25) is 5.76 Å². The third kappa shape index (κ3) is 3.73. The summed E-state index contributed by atoms with van der Waals surface area (Å²) in [6.07, 6.45) is 0. The molecule has 126 valence electrons. The normalized spacial score (nSPS) is 11.6. The molecule has 1 aromatic heterocycles. The van der Waals surface area contributed by atoms with Gasteiger partial charge in [0.25, 0.3) is 11.6 Å². The Hall–Kier alpha value is -3.27. The first-order valence-corrected chi connectivity index (χ1v) is 6.67. The number of nitro groups is 1. The smallest absolute Gasteiger partial charge is 0.330 e. The second kappa shape index (κ2) is 7.33. The standard InChI is InChI=1S/C14H13N3O7/c1-23-14(20)11(7-18)15-13(19)12-6-10(16-24-12)8-2-4-9(5-3-8)17(21)22/h2-6,11,18H,7H2,1H3,(H,15,19)/t11-/m0/s1. The van der Waals surface area contributed by atoms with Crippen molar-refractivity contribution in [1.82, 2.24) is 10.5 Å². The number of methoxy groups -OCH3 is 1. The molecule has 0 saturated heterocycles. The molecular weight excluding hydrogens is 322 g/mol. The summed E-state index contributed by atoms with van der Waals surface area (Å²) in [5.74, 6) is -1.76. The summed E-state index contributed by atoms with van der Waals surface area (Å²) in [7, 11) is 1.12. The van der Waals surface area contributed by atoms with Gasteiger partial charge < -0.3 is 19.7 Å². The van der Waals surface area contributed by atoms with Gasteiger partial charge in [0.1, 0.15) is 5.69 Å². The number of amides is 1. The van der Waals surface area contributed by atoms with Gasteiger partial charge in [0.15, 0.2) is 6.04 Å². The van der Waals surface area contributed by atoms with Gasteiger partial charge in [-0.2, -0.15) is 0 Å². The number of benzene rings is 1. The number of nitrogens with zero attached hydrogens (tertiary/aromatic N) is 2. The zero-order valence-corrected chi connectivity index (χ0v) is 12.5. The van der Waals surface area contributed by atoms with Crippen molar-refractivity contribution in [3.8, 4) is 11.3 Å². The minimum Gasteiger partial charge on any atom is -0.467 e. The predicted octanol–water partition coefficient (Wildman–Crippen LogP) is 0.513. The number of ether oxygens (including phenoxy) is 1. The van der Waals surface area contributed by atoms with Crippen LogP contribution in [0.3, 0.4) is 0 Å². The molecule has 2 aromatic rings. The minimum atomic E-state index is -1.23. The molecule has 0 spiro atoms. The summed E-state index contributed by atoms with van der Waals surface area (Å²) in [5, 5.41) is 25.6. The van der Waals surface area contributed by atoms with E-state index in [1.807, 2.05) is 0 Å². The summed E-state index contributed by atoms with van der Waals surface area (Å²) < 4.78 is 9.32. The van der Waals surface area contributed by atoms with Crippen LogP contribution < -0.4 is 5.32 Å². The van der Waals surface area contributed by atoms with Crippen LogP contribution in [0.5, 0.6) is 0 Å². The van der Waals surface area contributed by atoms with E-state index in [0.29, 0.717) is 5.56 Å². The maximum Gasteiger partial charge on any atom is 0.330 e. The lowest BCUT2D eigenvalue weighted by atomic mass is 10.1. The van der Waals surface area contributed by atoms with Crippen molar-refractivity contribution >= 4 is 17.6 Å². The summed E-state index contributed by atoms with van der Waals surface area (Å²) in [4.78, 5) is 33.4. The second-order valence-corrected chi connectivity index (χ2v) is 4.61. The number of hydrogen-bond donors (Lipinski definition) is 2. The van der Waals surface area contributed by atoms with Crippen molar-refractivity contribution in [2.75, 3.05) is 13.7 Å². The van der Waals surface area contributed by atoms with Crippen molar-refractivity contribution in [3.63, 3.8) is 0 Å². The summed E-state index contributed by atoms with van der Waals surface area (Å²) in [5.41, 5.74) is 0.716. The van der Waals surface area contributed by atoms with Gasteiger partial charge >= 0.3 is 5.97 Å². The Kier molecular flexibility index (Phi) is 5.22. The zero-order valence-electron chi connectivity index (χ0n) is 12.5. The van der Waals surface area contributed by atoms with Gasteiger partial charge in [-0.1, -0.05) is 5.16 Å². The second-order valence-electron chi connectivity index (χ2n) is 4.61. The molecule has 2 N–H and O–H groups in total. The van der Waals surface area contributed by atoms with E-state index in [0.717, 1.165) is 7.11 Å². The molecule has 1 heterocycles. The molecule has 1 amide bonds. The fourth-order valence-corrected chi connectivity index (χ4v) is 1.82. The highest BCUT2D eigenvalue weighted by atomic mass is 16.6. The Labute approximate surface area is 135 Å². The summed E-state index contributed by atoms with van der Waals surface area (Å²) in [6.45, 7) is -0.637. The molecule has 0 saturated carbocycles. The molecule has 0 aliphatic carbocycles. The highest BCUT2D eigenvalue weighted by Crippen LogP contribution is 2.22. The number of aromatic nitrogens is 1. The highest BCUT2D eigenvalue weighted by molar-refractivity contribution is 5.95. The number of nitrogens with one attached hydrogen (secondary N) is 1. The van der Waals surface area contributed by atoms with Gasteiger partial charge in [0.05, 0.1) is 18.6 Å². The van der Waals surface area contributed by atoms with Crippen LogP contribution >= 0.6 is 0 Å². The van der Waals surface area contributed by atoms with Gasteiger partial charge in [-0.3, -0.25) is 14.9 Å². The topological polar surface area (TPSA) is 145 Å². The van der Waals surface area contributed by atoms with E-state index < -0.39 is 29.4 Å². The molecule has 0 fully saturated rings. The first-order chi connectivity index (χ1) is 11.5. The number of hydrogen-bond acceptors (Lipinski definition) is 8. The number of aliphatic hydroxyl groups is 1. The number of nitro benzene ring substituents is 1. The highest BCUT2D eigenvalue weighted by Gasteiger charge is 2.23. The molecule has 10 nitrogen and oxygen atoms in total. The molecule has 1 aromatic carbocycles. The van der Waals surface area contributed by atoms with E-state index >= 15 is 0 Å². The largest absolute Gasteiger partial charge is 0.467 e. The Balaban J connectivity index is 2.13. The molecule has 10 heteroatoms. The molecule has 0 aliphatic heterocycles. The number of rotatable bonds is 6. The third-order valence-corrected chi connectivity index (χ3v) is 3.08. The molecule has 0 aliphatic rings. The fourth-order valence-electron chi connectivity index (χ4n) is 1.82. The molecular formula is C14H13N3O7. The quantitative estimate of drug-likeness (QED) is 0.441. The van der Waals surface area contributed by atoms with Crippen LogP contribution in [-0.4, -0.2) is 46.8 Å². The van der Waals surface area contributed by atoms with Crippen LogP contribution in [0.2, 0.25) is 0 Å². The van der Waals surface area contributed by atoms with E-state index in [1.54, 1.807) is 0 Å². The summed E-state index contributed by atoms with van der Waals surface area (Å²) in [6, 6.07) is 5.59. The zero-order chi connectivity index (χ0) is 17.7. The predicted molar refractivity (Wildman–Crippen MR) is 78.9 cm³/mol. The Morgan fingerprint density at radius 3 is 2.62 bits per heavy atom. The average molecular weight is 335 g/mol. The molecule has 1 atom stereocenters. The van der Waals surface area contributed by atoms with E-state index in [1.165, 1.54) is 30.3 Å². The number of carbonyl (C=O) groups is 2. The Morgan fingerprint density at radius 1 is 1.42 bits per heavy atom. The maximum atomic E-state index is 12.0. The van der Waals surface area contributed by atoms with E-state index in [2.05, 4.69) is 15.2 Å². The third-order valence-electron chi connectivity index (χ3n) is 3.08. The first kappa shape index (κ1) is 17.1. The Morgan fingerprint density at radius 2 is 2.08 bits per heavy atom. The first-order valence-electron chi connectivity index (χ1n) is 6.67. The lowest BCUT2D eigenvalue weighted by molar-refractivity contribution is -0.384. The number of aliphatic hydroxyl groups excluding tert-OH is 1. The van der Waals surface area contributed by atoms with Gasteiger partial charge in [0, 0.05) is 23.8 Å². The van der Waals surface area contributed by atoms with Crippen LogP contribution in [0.15, 0.2) is 34.9 Å². The van der Waals surface area contributed by atoms with Crippen LogP contribution in [0, 0.1) is 10.1 Å². The lowest BCUT2D eigenvalue weighted by Crippen LogP contribution is -2.43. The molecule has 0 radical (unpaired) electrons. The maximum absolute atomic E-state index is 12.0. The van der Waals surface area contributed by atoms with E-state index in [4.69, 9.17) is 9.63 Å². The lowest BCUT2D eigenvalue weighted by Gasteiger charge is -2.12. The van der Waals surface area contributed by atoms with Crippen molar-refractivity contribution in [1.29, 1.82) is 0 Å². The van der Waals surface area contributed by atoms with Crippen LogP contribution in [0.25, 0.3) is 11.3 Å². The monoisotopic (exact) mass is 335 g/mol. The van der Waals surface area contributed by atoms with Crippen LogP contribution in [-0.2, 0) is 9.53 Å². The van der Waals surface area contributed by atoms with E-state index in [-0.39, 0.29) is 17.1 Å². The SMILES string of the molecule is COC(=O)[C@H](CO)NC(=O)c1cc(-c2ccc([N+](=O)[O-])cc2)no1. The van der Waals surface area contributed by atoms with Gasteiger partial charge in [-0.15, -0.1) is 0 Å². The van der Waals surface area contributed by atoms with Crippen molar-refractivity contribution < 1.29 is 28.9 Å². The summed E-state index contributed by atoms with van der Waals surface area (Å²) >= 11 is 0. The Bertz CT molecular complexity index is 754.